The molecule has 3 heteroatoms. The number of aromatic hydroxyl groups is 1. The van der Waals surface area contributed by atoms with Crippen LogP contribution in [0, 0.1) is 0 Å². The summed E-state index contributed by atoms with van der Waals surface area (Å²) in [5, 5.41) is 23.4. The third-order valence-electron chi connectivity index (χ3n) is 1.36. The van der Waals surface area contributed by atoms with Crippen molar-refractivity contribution in [2.45, 2.75) is 6.42 Å². The highest BCUT2D eigenvalue weighted by Gasteiger charge is 1.93. The van der Waals surface area contributed by atoms with Gasteiger partial charge in [0, 0.05) is 0 Å². The highest BCUT2D eigenvalue weighted by atomic mass is 16.5. The Morgan fingerprint density at radius 2 is 1.77 bits per heavy atom. The predicted octanol–water partition coefficient (Wildman–Crippen LogP) is 1.05. The van der Waals surface area contributed by atoms with Crippen LogP contribution in [0.3, 0.4) is 0 Å². The molecule has 13 heavy (non-hydrogen) atoms. The Bertz CT molecular complexity index is 246. The summed E-state index contributed by atoms with van der Waals surface area (Å²) in [5.74, 6) is 0.349. The normalized spacial score (nSPS) is 8.46. The highest BCUT2D eigenvalue weighted by molar-refractivity contribution is 5.32. The summed E-state index contributed by atoms with van der Waals surface area (Å²) in [6.45, 7) is 2.84. The Morgan fingerprint density at radius 1 is 1.23 bits per heavy atom. The van der Waals surface area contributed by atoms with Gasteiger partial charge in [-0.25, -0.2) is 0 Å². The molecule has 0 heterocycles. The van der Waals surface area contributed by atoms with Crippen molar-refractivity contribution in [3.05, 3.63) is 42.5 Å². The van der Waals surface area contributed by atoms with E-state index in [0.29, 0.717) is 5.75 Å². The smallest absolute Gasteiger partial charge is 0.140 e. The van der Waals surface area contributed by atoms with Crippen molar-refractivity contribution in [2.24, 2.45) is 0 Å². The molecule has 1 aromatic rings. The fourth-order valence-electron chi connectivity index (χ4n) is 0.839. The van der Waals surface area contributed by atoms with Crippen LogP contribution in [0.5, 0.6) is 5.75 Å². The lowest BCUT2D eigenvalue weighted by molar-refractivity contribution is 0.0773. The molecular weight excluding hydrogens is 168 g/mol. The second-order valence-electron chi connectivity index (χ2n) is 2.26. The maximum atomic E-state index is 9.19. The standard InChI is InChI=1S/C9H10O.CH4O2/c1-2-5-8-6-3-4-7-9(8)10;2-1-3/h2-4,6-7,10H,1,5H2;2-3H,1H2. The molecule has 0 aromatic heterocycles. The minimum Gasteiger partial charge on any atom is -0.508 e. The average molecular weight is 182 g/mol. The molecule has 1 aromatic carbocycles. The van der Waals surface area contributed by atoms with Crippen molar-refractivity contribution in [1.29, 1.82) is 0 Å². The number of hydrogen-bond donors (Lipinski definition) is 3. The van der Waals surface area contributed by atoms with Gasteiger partial charge in [0.25, 0.3) is 0 Å². The maximum Gasteiger partial charge on any atom is 0.140 e. The van der Waals surface area contributed by atoms with E-state index in [-0.39, 0.29) is 0 Å². The minimum absolute atomic E-state index is 0.349. The van der Waals surface area contributed by atoms with Crippen molar-refractivity contribution >= 4 is 0 Å². The monoisotopic (exact) mass is 182 g/mol. The molecule has 0 atom stereocenters. The SMILES string of the molecule is C=CCc1ccccc1O.OCO. The van der Waals surface area contributed by atoms with E-state index in [1.165, 1.54) is 0 Å². The molecule has 72 valence electrons. The van der Waals surface area contributed by atoms with Crippen LogP contribution in [0.1, 0.15) is 5.56 Å². The van der Waals surface area contributed by atoms with E-state index in [1.54, 1.807) is 12.1 Å². The predicted molar refractivity (Wildman–Crippen MR) is 51.3 cm³/mol. The summed E-state index contributed by atoms with van der Waals surface area (Å²) < 4.78 is 0. The first-order chi connectivity index (χ1) is 6.26. The maximum absolute atomic E-state index is 9.19. The number of phenolic OH excluding ortho intramolecular Hbond substituents is 1. The Labute approximate surface area is 77.6 Å². The molecule has 0 aliphatic carbocycles. The number of phenols is 1. The van der Waals surface area contributed by atoms with Gasteiger partial charge in [-0.15, -0.1) is 6.58 Å². The molecule has 0 saturated carbocycles. The molecule has 0 amide bonds. The second kappa shape index (κ2) is 7.34. The van der Waals surface area contributed by atoms with Crippen molar-refractivity contribution in [2.75, 3.05) is 6.79 Å². The van der Waals surface area contributed by atoms with Crippen LogP contribution < -0.4 is 0 Å². The summed E-state index contributed by atoms with van der Waals surface area (Å²) in [5.41, 5.74) is 0.928. The first-order valence-electron chi connectivity index (χ1n) is 3.85. The highest BCUT2D eigenvalue weighted by Crippen LogP contribution is 2.15. The fraction of sp³-hybridized carbons (Fsp3) is 0.200. The van der Waals surface area contributed by atoms with E-state index in [4.69, 9.17) is 10.2 Å². The lowest BCUT2D eigenvalue weighted by Gasteiger charge is -1.97. The number of hydrogen-bond acceptors (Lipinski definition) is 3. The molecule has 1 rings (SSSR count). The molecule has 0 aliphatic rings. The second-order valence-corrected chi connectivity index (χ2v) is 2.26. The summed E-state index contributed by atoms with van der Waals surface area (Å²) in [6.07, 6.45) is 2.50. The van der Waals surface area contributed by atoms with E-state index >= 15 is 0 Å². The summed E-state index contributed by atoms with van der Waals surface area (Å²) >= 11 is 0. The Morgan fingerprint density at radius 3 is 2.23 bits per heavy atom. The van der Waals surface area contributed by atoms with E-state index in [1.807, 2.05) is 18.2 Å². The van der Waals surface area contributed by atoms with Gasteiger partial charge in [0.15, 0.2) is 0 Å². The van der Waals surface area contributed by atoms with Crippen molar-refractivity contribution in [1.82, 2.24) is 0 Å². The van der Waals surface area contributed by atoms with E-state index in [2.05, 4.69) is 6.58 Å². The lowest BCUT2D eigenvalue weighted by Crippen LogP contribution is -1.79. The zero-order valence-electron chi connectivity index (χ0n) is 7.35. The zero-order chi connectivity index (χ0) is 10.1. The third-order valence-corrected chi connectivity index (χ3v) is 1.36. The van der Waals surface area contributed by atoms with Gasteiger partial charge in [-0.3, -0.25) is 0 Å². The van der Waals surface area contributed by atoms with Crippen LogP contribution in [0.2, 0.25) is 0 Å². The van der Waals surface area contributed by atoms with Gasteiger partial charge < -0.3 is 15.3 Å². The molecule has 0 saturated heterocycles. The van der Waals surface area contributed by atoms with Gasteiger partial charge in [0.2, 0.25) is 0 Å². The van der Waals surface area contributed by atoms with Gasteiger partial charge >= 0.3 is 0 Å². The lowest BCUT2D eigenvalue weighted by atomic mass is 10.1. The number of aliphatic hydroxyl groups excluding tert-OH is 1. The number of aliphatic hydroxyl groups is 2. The molecular formula is C10H14O3. The van der Waals surface area contributed by atoms with Crippen LogP contribution in [-0.2, 0) is 6.42 Å². The van der Waals surface area contributed by atoms with Gasteiger partial charge in [-0.2, -0.15) is 0 Å². The minimum atomic E-state index is -0.750. The van der Waals surface area contributed by atoms with E-state index in [0.717, 1.165) is 12.0 Å². The Kier molecular flexibility index (Phi) is 6.59. The number of benzene rings is 1. The van der Waals surface area contributed by atoms with Crippen molar-refractivity contribution in [3.63, 3.8) is 0 Å². The number of para-hydroxylation sites is 1. The van der Waals surface area contributed by atoms with Gasteiger partial charge in [-0.05, 0) is 18.1 Å². The molecule has 0 fully saturated rings. The Balaban J connectivity index is 0.000000424. The number of rotatable bonds is 2. The van der Waals surface area contributed by atoms with Crippen LogP contribution in [-0.4, -0.2) is 22.1 Å². The van der Waals surface area contributed by atoms with Gasteiger partial charge in [0.05, 0.1) is 0 Å². The molecule has 0 radical (unpaired) electrons. The van der Waals surface area contributed by atoms with Crippen molar-refractivity contribution < 1.29 is 15.3 Å². The van der Waals surface area contributed by atoms with Crippen LogP contribution in [0.4, 0.5) is 0 Å². The van der Waals surface area contributed by atoms with Crippen LogP contribution in [0.25, 0.3) is 0 Å². The number of allylic oxidation sites excluding steroid dienone is 1. The van der Waals surface area contributed by atoms with Gasteiger partial charge in [-0.1, -0.05) is 24.3 Å². The first kappa shape index (κ1) is 11.7. The molecule has 0 aliphatic heterocycles. The summed E-state index contributed by atoms with van der Waals surface area (Å²) in [7, 11) is 0. The van der Waals surface area contributed by atoms with E-state index in [9.17, 15) is 5.11 Å². The topological polar surface area (TPSA) is 60.7 Å². The largest absolute Gasteiger partial charge is 0.508 e. The molecule has 0 bridgehead atoms. The molecule has 3 N–H and O–H groups in total. The molecule has 0 spiro atoms. The average Bonchev–Trinajstić information content (AvgIpc) is 2.11. The Hall–Kier alpha value is -1.32. The fourth-order valence-corrected chi connectivity index (χ4v) is 0.839. The quantitative estimate of drug-likeness (QED) is 0.473. The van der Waals surface area contributed by atoms with Crippen molar-refractivity contribution in [3.8, 4) is 5.75 Å². The third kappa shape index (κ3) is 5.00. The summed E-state index contributed by atoms with van der Waals surface area (Å²) in [4.78, 5) is 0. The zero-order valence-corrected chi connectivity index (χ0v) is 7.35. The van der Waals surface area contributed by atoms with Gasteiger partial charge in [0.1, 0.15) is 12.5 Å². The molecule has 3 nitrogen and oxygen atoms in total. The molecule has 0 unspecified atom stereocenters. The van der Waals surface area contributed by atoms with Crippen LogP contribution >= 0.6 is 0 Å². The first-order valence-corrected chi connectivity index (χ1v) is 3.85. The van der Waals surface area contributed by atoms with Crippen LogP contribution in [0.15, 0.2) is 36.9 Å². The summed E-state index contributed by atoms with van der Waals surface area (Å²) in [6, 6.07) is 7.27. The van der Waals surface area contributed by atoms with E-state index < -0.39 is 6.79 Å².